The number of hydrogen-bond donors (Lipinski definition) is 0. The Hall–Kier alpha value is -6.70. The lowest BCUT2D eigenvalue weighted by Crippen LogP contribution is -1.92. The Morgan fingerprint density at radius 1 is 0.353 bits per heavy atom. The molecule has 51 heavy (non-hydrogen) atoms. The molecule has 1 aromatic heterocycles. The maximum absolute atomic E-state index is 9.66. The van der Waals surface area contributed by atoms with Crippen LogP contribution in [0.2, 0.25) is 0 Å². The van der Waals surface area contributed by atoms with Gasteiger partial charge in [-0.25, -0.2) is 0 Å². The summed E-state index contributed by atoms with van der Waals surface area (Å²) in [4.78, 5) is 0. The molecule has 0 spiro atoms. The standard InChI is InChI=1S/C50H32O/c1-4-15-33(16-5-1)36-27-28-46-45(32-36)50-44(25-14-26-47(50)51-46)49-42-23-12-10-21-40(42)48(41-22-11-13-24-43(41)49)39-30-37(34-17-6-2-7-18-34)29-38(31-39)35-19-8-3-9-20-35/h1-32H/i1D,2D,3D,4D,5D,6D,7D,8D,9D,14D,15D,16D,17D,18D,19D,20D,25D,26D,27D,28D,32D. The summed E-state index contributed by atoms with van der Waals surface area (Å²) in [5.74, 6) is 0. The second-order valence-corrected chi connectivity index (χ2v) is 11.7. The molecule has 10 aromatic rings. The van der Waals surface area contributed by atoms with E-state index in [4.69, 9.17) is 30.5 Å². The zero-order valence-electron chi connectivity index (χ0n) is 47.3. The van der Waals surface area contributed by atoms with Gasteiger partial charge in [0.25, 0.3) is 0 Å². The van der Waals surface area contributed by atoms with E-state index in [0.29, 0.717) is 32.7 Å². The summed E-state index contributed by atoms with van der Waals surface area (Å²) in [5, 5.41) is 1.35. The minimum atomic E-state index is -0.743. The summed E-state index contributed by atoms with van der Waals surface area (Å²) in [7, 11) is 0. The lowest BCUT2D eigenvalue weighted by Gasteiger charge is -2.19. The molecule has 238 valence electrons. The van der Waals surface area contributed by atoms with Crippen LogP contribution in [0, 0.1) is 0 Å². The van der Waals surface area contributed by atoms with E-state index in [1.165, 1.54) is 6.07 Å². The number of fused-ring (bicyclic) bond motifs is 5. The minimum absolute atomic E-state index is 0.0472. The van der Waals surface area contributed by atoms with Crippen LogP contribution in [0.25, 0.3) is 99.1 Å². The quantitative estimate of drug-likeness (QED) is 0.166. The second kappa shape index (κ2) is 12.0. The highest BCUT2D eigenvalue weighted by molar-refractivity contribution is 6.26. The number of rotatable bonds is 5. The first-order chi connectivity index (χ1) is 34.0. The zero-order chi connectivity index (χ0) is 52.0. The number of benzene rings is 9. The van der Waals surface area contributed by atoms with Crippen LogP contribution in [0.5, 0.6) is 0 Å². The van der Waals surface area contributed by atoms with Gasteiger partial charge in [-0.2, -0.15) is 0 Å². The molecule has 0 saturated carbocycles. The lowest BCUT2D eigenvalue weighted by atomic mass is 9.83. The first-order valence-corrected chi connectivity index (χ1v) is 15.8. The molecular formula is C50H32O. The average Bonchev–Trinajstić information content (AvgIpc) is 3.78. The normalized spacial score (nSPS) is 17.3. The van der Waals surface area contributed by atoms with Gasteiger partial charge < -0.3 is 4.42 Å². The van der Waals surface area contributed by atoms with Gasteiger partial charge in [0.2, 0.25) is 0 Å². The number of hydrogen-bond acceptors (Lipinski definition) is 1. The van der Waals surface area contributed by atoms with Gasteiger partial charge in [0, 0.05) is 10.8 Å². The first kappa shape index (κ1) is 15.0. The maximum atomic E-state index is 9.66. The molecule has 1 nitrogen and oxygen atoms in total. The van der Waals surface area contributed by atoms with E-state index in [9.17, 15) is 2.74 Å². The smallest absolute Gasteiger partial charge is 0.136 e. The molecule has 0 amide bonds. The molecule has 0 aliphatic carbocycles. The van der Waals surface area contributed by atoms with Gasteiger partial charge in [-0.3, -0.25) is 0 Å². The Kier molecular flexibility index (Phi) is 3.54. The summed E-state index contributed by atoms with van der Waals surface area (Å²) in [6, 6.07) is 4.85. The van der Waals surface area contributed by atoms with Crippen LogP contribution >= 0.6 is 0 Å². The predicted molar refractivity (Wildman–Crippen MR) is 216 cm³/mol. The van der Waals surface area contributed by atoms with E-state index in [1.807, 2.05) is 0 Å². The van der Waals surface area contributed by atoms with E-state index < -0.39 is 138 Å². The Bertz CT molecular complexity index is 3890. The molecular weight excluding hydrogens is 617 g/mol. The van der Waals surface area contributed by atoms with Crippen molar-refractivity contribution in [2.24, 2.45) is 0 Å². The van der Waals surface area contributed by atoms with Gasteiger partial charge in [-0.15, -0.1) is 0 Å². The fourth-order valence-corrected chi connectivity index (χ4v) is 6.70. The van der Waals surface area contributed by atoms with Gasteiger partial charge in [0.15, 0.2) is 0 Å². The SMILES string of the molecule is [2H]c1c([2H])c([2H])c(-c2cc(-c3c([2H])c([2H])c([2H])c([2H])c3[2H])cc(-c3c4ccccc4c(-c4c([2H])c([2H])c([2H])c5oc6c([2H])c([2H])c(-c7c([2H])c([2H])c([2H])c([2H])c7[2H])c([2H])c6c45)c4ccccc34)c2)c([2H])c1[2H]. The molecule has 0 unspecified atom stereocenters. The lowest BCUT2D eigenvalue weighted by molar-refractivity contribution is 0.669. The van der Waals surface area contributed by atoms with E-state index in [1.54, 1.807) is 60.7 Å². The second-order valence-electron chi connectivity index (χ2n) is 11.7. The van der Waals surface area contributed by atoms with Crippen molar-refractivity contribution in [3.8, 4) is 55.6 Å². The largest absolute Gasteiger partial charge is 0.456 e. The summed E-state index contributed by atoms with van der Waals surface area (Å²) in [6.45, 7) is 0. The van der Waals surface area contributed by atoms with Crippen molar-refractivity contribution in [3.63, 3.8) is 0 Å². The number of furan rings is 1. The van der Waals surface area contributed by atoms with Crippen LogP contribution in [0.3, 0.4) is 0 Å². The van der Waals surface area contributed by atoms with Gasteiger partial charge in [0.1, 0.15) is 11.2 Å². The van der Waals surface area contributed by atoms with E-state index >= 15 is 0 Å². The topological polar surface area (TPSA) is 13.1 Å². The third-order valence-corrected chi connectivity index (χ3v) is 8.80. The summed E-state index contributed by atoms with van der Waals surface area (Å²) < 4.78 is 190. The minimum Gasteiger partial charge on any atom is -0.456 e. The Morgan fingerprint density at radius 2 is 0.843 bits per heavy atom. The third kappa shape index (κ3) is 4.94. The van der Waals surface area contributed by atoms with E-state index in [-0.39, 0.29) is 55.3 Å². The van der Waals surface area contributed by atoms with Crippen LogP contribution in [0.15, 0.2) is 198 Å². The third-order valence-electron chi connectivity index (χ3n) is 8.80. The van der Waals surface area contributed by atoms with Crippen molar-refractivity contribution < 1.29 is 33.2 Å². The van der Waals surface area contributed by atoms with Crippen molar-refractivity contribution in [2.45, 2.75) is 0 Å². The van der Waals surface area contributed by atoms with Gasteiger partial charge >= 0.3 is 0 Å². The highest BCUT2D eigenvalue weighted by Gasteiger charge is 2.21. The highest BCUT2D eigenvalue weighted by Crippen LogP contribution is 2.48. The molecule has 10 rings (SSSR count). The molecule has 0 N–H and O–H groups in total. The van der Waals surface area contributed by atoms with Gasteiger partial charge in [-0.1, -0.05) is 157 Å². The molecule has 0 bridgehead atoms. The molecule has 0 fully saturated rings. The first-order valence-electron chi connectivity index (χ1n) is 26.3. The average molecular weight is 670 g/mol. The van der Waals surface area contributed by atoms with Crippen LogP contribution in [0.1, 0.15) is 28.8 Å². The van der Waals surface area contributed by atoms with E-state index in [2.05, 4.69) is 0 Å². The Labute approximate surface area is 326 Å². The monoisotopic (exact) mass is 669 g/mol. The van der Waals surface area contributed by atoms with Crippen molar-refractivity contribution in [2.75, 3.05) is 0 Å². The van der Waals surface area contributed by atoms with Crippen molar-refractivity contribution in [1.29, 1.82) is 0 Å². The van der Waals surface area contributed by atoms with Crippen LogP contribution < -0.4 is 0 Å². The van der Waals surface area contributed by atoms with Crippen molar-refractivity contribution in [3.05, 3.63) is 194 Å². The maximum Gasteiger partial charge on any atom is 0.136 e. The molecule has 0 aliphatic rings. The highest BCUT2D eigenvalue weighted by atomic mass is 16.3. The van der Waals surface area contributed by atoms with Crippen LogP contribution in [-0.2, 0) is 0 Å². The van der Waals surface area contributed by atoms with Crippen LogP contribution in [0.4, 0.5) is 0 Å². The molecule has 0 atom stereocenters. The molecule has 1 heteroatoms. The predicted octanol–water partition coefficient (Wildman–Crippen LogP) is 14.2. The Balaban J connectivity index is 1.38. The Morgan fingerprint density at radius 3 is 1.39 bits per heavy atom. The molecule has 9 aromatic carbocycles. The van der Waals surface area contributed by atoms with Crippen molar-refractivity contribution in [1.82, 2.24) is 0 Å². The fourth-order valence-electron chi connectivity index (χ4n) is 6.70. The zero-order valence-corrected chi connectivity index (χ0v) is 26.3. The van der Waals surface area contributed by atoms with Crippen molar-refractivity contribution >= 4 is 43.5 Å². The van der Waals surface area contributed by atoms with Gasteiger partial charge in [0.05, 0.1) is 28.8 Å². The summed E-state index contributed by atoms with van der Waals surface area (Å²) >= 11 is 0. The molecule has 1 heterocycles. The van der Waals surface area contributed by atoms with Gasteiger partial charge in [-0.05, 0) is 114 Å². The molecule has 0 aliphatic heterocycles. The van der Waals surface area contributed by atoms with Crippen LogP contribution in [-0.4, -0.2) is 0 Å². The summed E-state index contributed by atoms with van der Waals surface area (Å²) in [6.07, 6.45) is 0. The van der Waals surface area contributed by atoms with E-state index in [0.717, 1.165) is 0 Å². The summed E-state index contributed by atoms with van der Waals surface area (Å²) in [5.41, 5.74) is -1.13. The molecule has 0 radical (unpaired) electrons. The fraction of sp³-hybridized carbons (Fsp3) is 0. The molecule has 0 saturated heterocycles.